The van der Waals surface area contributed by atoms with Crippen LogP contribution in [0.1, 0.15) is 20.8 Å². The Balaban J connectivity index is 5.50. The first-order chi connectivity index (χ1) is 10.5. The zero-order chi connectivity index (χ0) is 18.3. The molecule has 0 aliphatic carbocycles. The third-order valence-electron chi connectivity index (χ3n) is 2.96. The summed E-state index contributed by atoms with van der Waals surface area (Å²) in [6.45, 7) is 3.81. The SMILES string of the molecule is CC(=O)N[C@@H]([C@H](O)[C@H](NC(C)=O)[C@@H](O)C=C(O)C(=O)O)[C@@H](C)N. The number of carbonyl (C=O) groups excluding carboxylic acids is 2. The second-order valence-corrected chi connectivity index (χ2v) is 5.15. The number of rotatable bonds is 8. The summed E-state index contributed by atoms with van der Waals surface area (Å²) in [5.74, 6) is -3.96. The Morgan fingerprint density at radius 2 is 1.43 bits per heavy atom. The maximum absolute atomic E-state index is 11.2. The zero-order valence-electron chi connectivity index (χ0n) is 13.1. The van der Waals surface area contributed by atoms with Crippen LogP contribution in [0.4, 0.5) is 0 Å². The number of hydrogen-bond donors (Lipinski definition) is 7. The Labute approximate surface area is 133 Å². The molecule has 23 heavy (non-hydrogen) atoms. The molecule has 0 saturated carbocycles. The summed E-state index contributed by atoms with van der Waals surface area (Å²) in [5.41, 5.74) is 5.68. The van der Waals surface area contributed by atoms with E-state index in [9.17, 15) is 24.6 Å². The minimum atomic E-state index is -1.74. The summed E-state index contributed by atoms with van der Waals surface area (Å²) in [4.78, 5) is 33.0. The number of aliphatic hydroxyl groups excluding tert-OH is 3. The van der Waals surface area contributed by atoms with Crippen LogP contribution in [0, 0.1) is 0 Å². The first kappa shape index (κ1) is 20.8. The average molecular weight is 333 g/mol. The highest BCUT2D eigenvalue weighted by atomic mass is 16.4. The Kier molecular flexibility index (Phi) is 8.22. The van der Waals surface area contributed by atoms with Crippen molar-refractivity contribution in [1.82, 2.24) is 10.6 Å². The normalized spacial score (nSPS) is 18.3. The number of hydrogen-bond acceptors (Lipinski definition) is 7. The molecule has 0 spiro atoms. The topological polar surface area (TPSA) is 182 Å². The van der Waals surface area contributed by atoms with Crippen LogP contribution in [-0.4, -0.2) is 68.5 Å². The molecule has 0 fully saturated rings. The molecule has 0 saturated heterocycles. The van der Waals surface area contributed by atoms with E-state index in [-0.39, 0.29) is 0 Å². The third-order valence-corrected chi connectivity index (χ3v) is 2.96. The predicted octanol–water partition coefficient (Wildman–Crippen LogP) is -2.41. The Morgan fingerprint density at radius 3 is 1.78 bits per heavy atom. The van der Waals surface area contributed by atoms with Crippen LogP contribution in [0.15, 0.2) is 11.8 Å². The lowest BCUT2D eigenvalue weighted by atomic mass is 9.93. The van der Waals surface area contributed by atoms with E-state index < -0.39 is 53.9 Å². The first-order valence-electron chi connectivity index (χ1n) is 6.77. The minimum Gasteiger partial charge on any atom is -0.502 e. The van der Waals surface area contributed by atoms with Gasteiger partial charge in [0.2, 0.25) is 11.8 Å². The van der Waals surface area contributed by atoms with Crippen LogP contribution in [-0.2, 0) is 14.4 Å². The van der Waals surface area contributed by atoms with Gasteiger partial charge in [-0.1, -0.05) is 0 Å². The second-order valence-electron chi connectivity index (χ2n) is 5.15. The molecular formula is C13H23N3O7. The molecule has 0 radical (unpaired) electrons. The van der Waals surface area contributed by atoms with E-state index in [0.29, 0.717) is 6.08 Å². The largest absolute Gasteiger partial charge is 0.502 e. The van der Waals surface area contributed by atoms with E-state index in [2.05, 4.69) is 10.6 Å². The molecule has 132 valence electrons. The summed E-state index contributed by atoms with van der Waals surface area (Å²) < 4.78 is 0. The summed E-state index contributed by atoms with van der Waals surface area (Å²) in [6.07, 6.45) is -2.73. The van der Waals surface area contributed by atoms with Gasteiger partial charge in [0.1, 0.15) is 0 Å². The highest BCUT2D eigenvalue weighted by Gasteiger charge is 2.35. The molecular weight excluding hydrogens is 310 g/mol. The fraction of sp³-hybridized carbons (Fsp3) is 0.615. The molecule has 0 aromatic heterocycles. The highest BCUT2D eigenvalue weighted by molar-refractivity contribution is 5.83. The van der Waals surface area contributed by atoms with Crippen molar-refractivity contribution in [2.24, 2.45) is 5.73 Å². The minimum absolute atomic E-state index is 0.494. The number of amides is 2. The third kappa shape index (κ3) is 7.08. The van der Waals surface area contributed by atoms with Crippen molar-refractivity contribution in [2.75, 3.05) is 0 Å². The van der Waals surface area contributed by atoms with E-state index >= 15 is 0 Å². The first-order valence-corrected chi connectivity index (χ1v) is 6.77. The lowest BCUT2D eigenvalue weighted by molar-refractivity contribution is -0.135. The van der Waals surface area contributed by atoms with Crippen molar-refractivity contribution in [2.45, 2.75) is 51.1 Å². The number of carboxylic acid groups (broad SMARTS) is 1. The van der Waals surface area contributed by atoms with Gasteiger partial charge in [-0.05, 0) is 13.0 Å². The number of nitrogens with two attached hydrogens (primary N) is 1. The van der Waals surface area contributed by atoms with Crippen LogP contribution in [0.25, 0.3) is 0 Å². The quantitative estimate of drug-likeness (QED) is 0.189. The molecule has 0 unspecified atom stereocenters. The van der Waals surface area contributed by atoms with Crippen LogP contribution < -0.4 is 16.4 Å². The second kappa shape index (κ2) is 9.08. The van der Waals surface area contributed by atoms with Crippen LogP contribution >= 0.6 is 0 Å². The van der Waals surface area contributed by atoms with Crippen LogP contribution in [0.3, 0.4) is 0 Å². The molecule has 0 heterocycles. The summed E-state index contributed by atoms with van der Waals surface area (Å²) in [6, 6.07) is -3.18. The molecule has 0 aromatic rings. The van der Waals surface area contributed by atoms with Crippen molar-refractivity contribution in [3.63, 3.8) is 0 Å². The zero-order valence-corrected chi connectivity index (χ0v) is 13.1. The van der Waals surface area contributed by atoms with Gasteiger partial charge < -0.3 is 36.8 Å². The lowest BCUT2D eigenvalue weighted by Crippen LogP contribution is -2.62. The molecule has 0 rings (SSSR count). The van der Waals surface area contributed by atoms with Crippen molar-refractivity contribution in [1.29, 1.82) is 0 Å². The molecule has 10 heteroatoms. The molecule has 0 aliphatic heterocycles. The summed E-state index contributed by atoms with van der Waals surface area (Å²) in [5, 5.41) is 42.7. The van der Waals surface area contributed by atoms with Crippen molar-refractivity contribution in [3.05, 3.63) is 11.8 Å². The highest BCUT2D eigenvalue weighted by Crippen LogP contribution is 2.10. The molecule has 8 N–H and O–H groups in total. The van der Waals surface area contributed by atoms with E-state index in [0.717, 1.165) is 6.92 Å². The number of nitrogens with one attached hydrogen (secondary N) is 2. The summed E-state index contributed by atoms with van der Waals surface area (Å²) >= 11 is 0. The van der Waals surface area contributed by atoms with Gasteiger partial charge in [0.25, 0.3) is 0 Å². The van der Waals surface area contributed by atoms with Crippen molar-refractivity contribution >= 4 is 17.8 Å². The van der Waals surface area contributed by atoms with Gasteiger partial charge in [0.15, 0.2) is 5.76 Å². The van der Waals surface area contributed by atoms with Gasteiger partial charge in [-0.25, -0.2) is 4.79 Å². The average Bonchev–Trinajstić information content (AvgIpc) is 2.40. The maximum atomic E-state index is 11.2. The summed E-state index contributed by atoms with van der Waals surface area (Å²) in [7, 11) is 0. The Bertz CT molecular complexity index is 478. The number of carbonyl (C=O) groups is 3. The van der Waals surface area contributed by atoms with Gasteiger partial charge in [-0.15, -0.1) is 0 Å². The smallest absolute Gasteiger partial charge is 0.370 e. The molecule has 0 aromatic carbocycles. The molecule has 10 nitrogen and oxygen atoms in total. The van der Waals surface area contributed by atoms with E-state index in [4.69, 9.17) is 15.9 Å². The van der Waals surface area contributed by atoms with E-state index in [1.54, 1.807) is 0 Å². The van der Waals surface area contributed by atoms with Crippen LogP contribution in [0.2, 0.25) is 0 Å². The fourth-order valence-corrected chi connectivity index (χ4v) is 1.93. The monoisotopic (exact) mass is 333 g/mol. The standard InChI is InChI=1S/C13H23N3O7/c1-5(14)10(15-6(2)17)12(21)11(16-7(3)18)8(19)4-9(20)13(22)23/h4-5,8,10-12,19-21H,14H2,1-3H3,(H,15,17)(H,16,18)(H,22,23)/t5-,8+,10-,11-,12+/m1/s1. The van der Waals surface area contributed by atoms with Crippen LogP contribution in [0.5, 0.6) is 0 Å². The fourth-order valence-electron chi connectivity index (χ4n) is 1.93. The molecule has 5 atom stereocenters. The van der Waals surface area contributed by atoms with Crippen molar-refractivity contribution < 1.29 is 34.8 Å². The van der Waals surface area contributed by atoms with Gasteiger partial charge >= 0.3 is 5.97 Å². The maximum Gasteiger partial charge on any atom is 0.370 e. The van der Waals surface area contributed by atoms with E-state index in [1.165, 1.54) is 13.8 Å². The van der Waals surface area contributed by atoms with Gasteiger partial charge in [-0.2, -0.15) is 0 Å². The van der Waals surface area contributed by atoms with Gasteiger partial charge in [0.05, 0.1) is 24.3 Å². The molecule has 0 aliphatic rings. The molecule has 0 bridgehead atoms. The Hall–Kier alpha value is -2.17. The lowest BCUT2D eigenvalue weighted by Gasteiger charge is -2.34. The number of aliphatic hydroxyl groups is 3. The van der Waals surface area contributed by atoms with Gasteiger partial charge in [0, 0.05) is 19.9 Å². The van der Waals surface area contributed by atoms with Crippen molar-refractivity contribution in [3.8, 4) is 0 Å². The number of carboxylic acids is 1. The van der Waals surface area contributed by atoms with E-state index in [1.807, 2.05) is 0 Å². The number of aliphatic carboxylic acids is 1. The molecule has 2 amide bonds. The Morgan fingerprint density at radius 1 is 1.00 bits per heavy atom. The van der Waals surface area contributed by atoms with Gasteiger partial charge in [-0.3, -0.25) is 9.59 Å². The predicted molar refractivity (Wildman–Crippen MR) is 79.2 cm³/mol.